The lowest BCUT2D eigenvalue weighted by atomic mass is 9.94. The van der Waals surface area contributed by atoms with E-state index in [9.17, 15) is 0 Å². The van der Waals surface area contributed by atoms with E-state index in [1.165, 1.54) is 19.5 Å². The SMILES string of the molecule is CCCNc1cncc(NC2CCN(C)CC2C)c1. The molecule has 1 aromatic heterocycles. The first-order valence-electron chi connectivity index (χ1n) is 7.33. The molecule has 2 heterocycles. The number of likely N-dealkylation sites (tertiary alicyclic amines) is 1. The van der Waals surface area contributed by atoms with Crippen LogP contribution >= 0.6 is 0 Å². The molecule has 2 N–H and O–H groups in total. The van der Waals surface area contributed by atoms with Crippen LogP contribution in [-0.4, -0.2) is 42.6 Å². The molecule has 0 bridgehead atoms. The number of hydrogen-bond acceptors (Lipinski definition) is 4. The standard InChI is InChI=1S/C15H26N4/c1-4-6-17-13-8-14(10-16-9-13)18-15-5-7-19(3)11-12(15)2/h8-10,12,15,17-18H,4-7,11H2,1-3H3. The summed E-state index contributed by atoms with van der Waals surface area (Å²) in [6.45, 7) is 7.82. The molecular weight excluding hydrogens is 236 g/mol. The molecule has 0 spiro atoms. The van der Waals surface area contributed by atoms with Gasteiger partial charge in [0, 0.05) is 19.1 Å². The van der Waals surface area contributed by atoms with Gasteiger partial charge < -0.3 is 15.5 Å². The second kappa shape index (κ2) is 6.75. The van der Waals surface area contributed by atoms with Crippen molar-refractivity contribution >= 4 is 11.4 Å². The van der Waals surface area contributed by atoms with E-state index >= 15 is 0 Å². The van der Waals surface area contributed by atoms with Gasteiger partial charge in [-0.2, -0.15) is 0 Å². The number of aromatic nitrogens is 1. The van der Waals surface area contributed by atoms with E-state index in [4.69, 9.17) is 0 Å². The minimum atomic E-state index is 0.555. The van der Waals surface area contributed by atoms with Gasteiger partial charge in [-0.1, -0.05) is 13.8 Å². The van der Waals surface area contributed by atoms with Crippen molar-refractivity contribution in [1.82, 2.24) is 9.88 Å². The molecule has 0 aromatic carbocycles. The second-order valence-corrected chi connectivity index (χ2v) is 5.67. The topological polar surface area (TPSA) is 40.2 Å². The van der Waals surface area contributed by atoms with Crippen molar-refractivity contribution in [2.75, 3.05) is 37.3 Å². The molecular formula is C15H26N4. The Balaban J connectivity index is 1.94. The molecule has 0 saturated carbocycles. The van der Waals surface area contributed by atoms with Gasteiger partial charge in [0.1, 0.15) is 0 Å². The summed E-state index contributed by atoms with van der Waals surface area (Å²) in [6.07, 6.45) is 6.13. The number of nitrogens with one attached hydrogen (secondary N) is 2. The van der Waals surface area contributed by atoms with Crippen LogP contribution in [0.5, 0.6) is 0 Å². The van der Waals surface area contributed by atoms with Crippen molar-refractivity contribution in [3.05, 3.63) is 18.5 Å². The summed E-state index contributed by atoms with van der Waals surface area (Å²) in [5.74, 6) is 0.672. The highest BCUT2D eigenvalue weighted by Crippen LogP contribution is 2.21. The molecule has 1 fully saturated rings. The van der Waals surface area contributed by atoms with Gasteiger partial charge in [0.15, 0.2) is 0 Å². The molecule has 0 radical (unpaired) electrons. The third-order valence-electron chi connectivity index (χ3n) is 3.78. The van der Waals surface area contributed by atoms with Crippen molar-refractivity contribution in [2.24, 2.45) is 5.92 Å². The van der Waals surface area contributed by atoms with Gasteiger partial charge in [-0.05, 0) is 38.4 Å². The average Bonchev–Trinajstić information content (AvgIpc) is 2.40. The maximum Gasteiger partial charge on any atom is 0.0549 e. The molecule has 1 aliphatic rings. The summed E-state index contributed by atoms with van der Waals surface area (Å²) >= 11 is 0. The van der Waals surface area contributed by atoms with Gasteiger partial charge in [-0.3, -0.25) is 4.98 Å². The summed E-state index contributed by atoms with van der Waals surface area (Å²) in [5, 5.41) is 7.02. The first-order chi connectivity index (χ1) is 9.19. The van der Waals surface area contributed by atoms with E-state index in [0.29, 0.717) is 12.0 Å². The zero-order chi connectivity index (χ0) is 13.7. The van der Waals surface area contributed by atoms with Gasteiger partial charge >= 0.3 is 0 Å². The molecule has 0 amide bonds. The number of hydrogen-bond donors (Lipinski definition) is 2. The molecule has 106 valence electrons. The fourth-order valence-corrected chi connectivity index (χ4v) is 2.67. The van der Waals surface area contributed by atoms with Crippen molar-refractivity contribution in [3.8, 4) is 0 Å². The Kier molecular flexibility index (Phi) is 5.02. The highest BCUT2D eigenvalue weighted by Gasteiger charge is 2.23. The van der Waals surface area contributed by atoms with Crippen molar-refractivity contribution in [1.29, 1.82) is 0 Å². The van der Waals surface area contributed by atoms with Gasteiger partial charge in [0.25, 0.3) is 0 Å². The number of nitrogens with zero attached hydrogens (tertiary/aromatic N) is 2. The van der Waals surface area contributed by atoms with Gasteiger partial charge in [0.05, 0.1) is 23.8 Å². The van der Waals surface area contributed by atoms with Gasteiger partial charge in [-0.25, -0.2) is 0 Å². The van der Waals surface area contributed by atoms with E-state index in [1.807, 2.05) is 12.4 Å². The predicted octanol–water partition coefficient (Wildman–Crippen LogP) is 2.66. The van der Waals surface area contributed by atoms with Crippen LogP contribution in [0.4, 0.5) is 11.4 Å². The van der Waals surface area contributed by atoms with Crippen LogP contribution in [0.15, 0.2) is 18.5 Å². The summed E-state index contributed by atoms with van der Waals surface area (Å²) in [6, 6.07) is 2.72. The maximum atomic E-state index is 4.31. The number of rotatable bonds is 5. The molecule has 2 unspecified atom stereocenters. The summed E-state index contributed by atoms with van der Waals surface area (Å²) < 4.78 is 0. The highest BCUT2D eigenvalue weighted by atomic mass is 15.1. The smallest absolute Gasteiger partial charge is 0.0549 e. The van der Waals surface area contributed by atoms with Crippen molar-refractivity contribution in [3.63, 3.8) is 0 Å². The Hall–Kier alpha value is -1.29. The van der Waals surface area contributed by atoms with Crippen LogP contribution in [-0.2, 0) is 0 Å². The average molecular weight is 262 g/mol. The molecule has 1 aromatic rings. The van der Waals surface area contributed by atoms with Crippen LogP contribution in [0.3, 0.4) is 0 Å². The number of pyridine rings is 1. The first-order valence-corrected chi connectivity index (χ1v) is 7.33. The lowest BCUT2D eigenvalue weighted by Gasteiger charge is -2.35. The van der Waals surface area contributed by atoms with E-state index in [2.05, 4.69) is 47.5 Å². The van der Waals surface area contributed by atoms with Crippen LogP contribution in [0.25, 0.3) is 0 Å². The lowest BCUT2D eigenvalue weighted by molar-refractivity contribution is 0.206. The Morgan fingerprint density at radius 3 is 2.89 bits per heavy atom. The van der Waals surface area contributed by atoms with Crippen LogP contribution in [0.2, 0.25) is 0 Å². The molecule has 2 atom stereocenters. The normalized spacial score (nSPS) is 24.2. The Morgan fingerprint density at radius 2 is 2.16 bits per heavy atom. The minimum Gasteiger partial charge on any atom is -0.384 e. The number of piperidine rings is 1. The van der Waals surface area contributed by atoms with E-state index < -0.39 is 0 Å². The second-order valence-electron chi connectivity index (χ2n) is 5.67. The van der Waals surface area contributed by atoms with Gasteiger partial charge in [-0.15, -0.1) is 0 Å². The Bertz CT molecular complexity index is 393. The Morgan fingerprint density at radius 1 is 1.37 bits per heavy atom. The van der Waals surface area contributed by atoms with Crippen LogP contribution in [0.1, 0.15) is 26.7 Å². The molecule has 1 saturated heterocycles. The summed E-state index contributed by atoms with van der Waals surface area (Å²) in [4.78, 5) is 6.71. The van der Waals surface area contributed by atoms with E-state index in [1.54, 1.807) is 0 Å². The van der Waals surface area contributed by atoms with Crippen molar-refractivity contribution < 1.29 is 0 Å². The maximum absolute atomic E-state index is 4.31. The van der Waals surface area contributed by atoms with E-state index in [-0.39, 0.29) is 0 Å². The van der Waals surface area contributed by atoms with Gasteiger partial charge in [0.2, 0.25) is 0 Å². The molecule has 19 heavy (non-hydrogen) atoms. The zero-order valence-electron chi connectivity index (χ0n) is 12.3. The lowest BCUT2D eigenvalue weighted by Crippen LogP contribution is -2.43. The molecule has 2 rings (SSSR count). The Labute approximate surface area is 116 Å². The number of anilines is 2. The minimum absolute atomic E-state index is 0.555. The third-order valence-corrected chi connectivity index (χ3v) is 3.78. The molecule has 4 nitrogen and oxygen atoms in total. The monoisotopic (exact) mass is 262 g/mol. The molecule has 4 heteroatoms. The molecule has 0 aliphatic carbocycles. The molecule has 1 aliphatic heterocycles. The largest absolute Gasteiger partial charge is 0.384 e. The summed E-state index contributed by atoms with van der Waals surface area (Å²) in [7, 11) is 2.20. The first kappa shape index (κ1) is 14.1. The predicted molar refractivity (Wildman–Crippen MR) is 81.7 cm³/mol. The zero-order valence-corrected chi connectivity index (χ0v) is 12.3. The highest BCUT2D eigenvalue weighted by molar-refractivity contribution is 5.54. The van der Waals surface area contributed by atoms with Crippen molar-refractivity contribution in [2.45, 2.75) is 32.7 Å². The summed E-state index contributed by atoms with van der Waals surface area (Å²) in [5.41, 5.74) is 2.23. The van der Waals surface area contributed by atoms with E-state index in [0.717, 1.165) is 24.3 Å². The van der Waals surface area contributed by atoms with Crippen LogP contribution in [0, 0.1) is 5.92 Å². The third kappa shape index (κ3) is 4.10. The quantitative estimate of drug-likeness (QED) is 0.856. The fourth-order valence-electron chi connectivity index (χ4n) is 2.67. The fraction of sp³-hybridized carbons (Fsp3) is 0.667. The van der Waals surface area contributed by atoms with Crippen LogP contribution < -0.4 is 10.6 Å².